The predicted octanol–water partition coefficient (Wildman–Crippen LogP) is 3.66. The average molecular weight is 437 g/mol. The first-order valence-electron chi connectivity index (χ1n) is 9.55. The maximum atomic E-state index is 12.5. The summed E-state index contributed by atoms with van der Waals surface area (Å²) in [5.41, 5.74) is 2.49. The van der Waals surface area contributed by atoms with E-state index in [1.54, 1.807) is 0 Å². The molecule has 8 nitrogen and oxygen atoms in total. The van der Waals surface area contributed by atoms with E-state index >= 15 is 0 Å². The molecule has 4 rings (SSSR count). The van der Waals surface area contributed by atoms with Crippen molar-refractivity contribution in [2.24, 2.45) is 0 Å². The van der Waals surface area contributed by atoms with Crippen LogP contribution in [-0.2, 0) is 25.7 Å². The Morgan fingerprint density at radius 2 is 1.84 bits per heavy atom. The molecule has 2 heterocycles. The molecule has 0 bridgehead atoms. The summed E-state index contributed by atoms with van der Waals surface area (Å²) in [7, 11) is 0. The van der Waals surface area contributed by atoms with Gasteiger partial charge in [-0.2, -0.15) is 0 Å². The fourth-order valence-corrected chi connectivity index (χ4v) is 3.78. The van der Waals surface area contributed by atoms with E-state index in [1.165, 1.54) is 11.3 Å². The predicted molar refractivity (Wildman–Crippen MR) is 114 cm³/mol. The molecule has 1 saturated heterocycles. The highest BCUT2D eigenvalue weighted by Gasteiger charge is 2.40. The standard InChI is InChI=1S/C22H19N3O5S/c26-19(24-21-23-17(13-31-21)16-9-5-2-6-10-16)11-18-20(27)30-14-25(18)22(28)29-12-15-7-3-1-4-8-15/h1-10,13,18H,11-12,14H2,(H,23,24,26). The van der Waals surface area contributed by atoms with Crippen LogP contribution in [-0.4, -0.2) is 40.6 Å². The Morgan fingerprint density at radius 1 is 1.13 bits per heavy atom. The van der Waals surface area contributed by atoms with E-state index < -0.39 is 24.0 Å². The highest BCUT2D eigenvalue weighted by molar-refractivity contribution is 7.14. The molecule has 0 saturated carbocycles. The van der Waals surface area contributed by atoms with Gasteiger partial charge in [-0.3, -0.25) is 9.69 Å². The van der Waals surface area contributed by atoms with Crippen LogP contribution >= 0.6 is 11.3 Å². The highest BCUT2D eigenvalue weighted by atomic mass is 32.1. The van der Waals surface area contributed by atoms with Gasteiger partial charge in [-0.25, -0.2) is 14.6 Å². The fourth-order valence-electron chi connectivity index (χ4n) is 3.04. The Hall–Kier alpha value is -3.72. The van der Waals surface area contributed by atoms with Crippen molar-refractivity contribution in [1.29, 1.82) is 0 Å². The largest absolute Gasteiger partial charge is 0.444 e. The molecule has 1 unspecified atom stereocenters. The number of benzene rings is 2. The lowest BCUT2D eigenvalue weighted by atomic mass is 10.2. The number of ether oxygens (including phenoxy) is 2. The maximum absolute atomic E-state index is 12.5. The molecular weight excluding hydrogens is 418 g/mol. The van der Waals surface area contributed by atoms with Crippen LogP contribution in [0, 0.1) is 0 Å². The number of nitrogens with zero attached hydrogens (tertiary/aromatic N) is 2. The molecular formula is C22H19N3O5S. The number of carbonyl (C=O) groups is 3. The van der Waals surface area contributed by atoms with Gasteiger partial charge in [0.15, 0.2) is 11.9 Å². The zero-order valence-electron chi connectivity index (χ0n) is 16.4. The van der Waals surface area contributed by atoms with E-state index in [4.69, 9.17) is 9.47 Å². The van der Waals surface area contributed by atoms with Crippen molar-refractivity contribution in [3.8, 4) is 11.3 Å². The highest BCUT2D eigenvalue weighted by Crippen LogP contribution is 2.25. The second-order valence-electron chi connectivity index (χ2n) is 6.77. The van der Waals surface area contributed by atoms with Crippen LogP contribution in [0.4, 0.5) is 9.93 Å². The molecule has 1 aliphatic rings. The molecule has 31 heavy (non-hydrogen) atoms. The van der Waals surface area contributed by atoms with E-state index in [0.29, 0.717) is 5.13 Å². The third-order valence-corrected chi connectivity index (χ3v) is 5.39. The van der Waals surface area contributed by atoms with E-state index in [0.717, 1.165) is 21.7 Å². The first-order valence-corrected chi connectivity index (χ1v) is 10.4. The summed E-state index contributed by atoms with van der Waals surface area (Å²) in [4.78, 5) is 42.5. The first kappa shape index (κ1) is 20.5. The minimum absolute atomic E-state index is 0.0602. The molecule has 3 aromatic rings. The van der Waals surface area contributed by atoms with Gasteiger partial charge in [0.1, 0.15) is 12.6 Å². The van der Waals surface area contributed by atoms with Crippen LogP contribution in [0.1, 0.15) is 12.0 Å². The van der Waals surface area contributed by atoms with E-state index in [1.807, 2.05) is 66.0 Å². The summed E-state index contributed by atoms with van der Waals surface area (Å²) < 4.78 is 10.2. The molecule has 1 N–H and O–H groups in total. The minimum atomic E-state index is -1.04. The summed E-state index contributed by atoms with van der Waals surface area (Å²) in [5.74, 6) is -1.09. The van der Waals surface area contributed by atoms with Crippen LogP contribution in [0.15, 0.2) is 66.0 Å². The Balaban J connectivity index is 1.34. The summed E-state index contributed by atoms with van der Waals surface area (Å²) >= 11 is 1.28. The minimum Gasteiger partial charge on any atom is -0.444 e. The molecule has 0 radical (unpaired) electrons. The average Bonchev–Trinajstić information content (AvgIpc) is 3.40. The number of aromatic nitrogens is 1. The number of thiazole rings is 1. The Morgan fingerprint density at radius 3 is 2.58 bits per heavy atom. The third kappa shape index (κ3) is 5.07. The van der Waals surface area contributed by atoms with Gasteiger partial charge in [-0.1, -0.05) is 60.7 Å². The monoisotopic (exact) mass is 437 g/mol. The zero-order valence-corrected chi connectivity index (χ0v) is 17.2. The van der Waals surface area contributed by atoms with Crippen molar-refractivity contribution < 1.29 is 23.9 Å². The molecule has 1 aromatic heterocycles. The van der Waals surface area contributed by atoms with Gasteiger partial charge in [0.25, 0.3) is 0 Å². The SMILES string of the molecule is O=C(CC1C(=O)OCN1C(=O)OCc1ccccc1)Nc1nc(-c2ccccc2)cs1. The molecule has 0 spiro atoms. The van der Waals surface area contributed by atoms with Crippen molar-refractivity contribution in [1.82, 2.24) is 9.88 Å². The molecule has 1 atom stereocenters. The normalized spacial score (nSPS) is 15.4. The van der Waals surface area contributed by atoms with Gasteiger partial charge in [-0.05, 0) is 5.56 Å². The molecule has 2 aromatic carbocycles. The van der Waals surface area contributed by atoms with Crippen molar-refractivity contribution >= 4 is 34.4 Å². The van der Waals surface area contributed by atoms with Crippen molar-refractivity contribution in [3.63, 3.8) is 0 Å². The van der Waals surface area contributed by atoms with Crippen LogP contribution in [0.5, 0.6) is 0 Å². The van der Waals surface area contributed by atoms with Gasteiger partial charge in [0.2, 0.25) is 5.91 Å². The zero-order chi connectivity index (χ0) is 21.6. The Kier molecular flexibility index (Phi) is 6.23. The number of carbonyl (C=O) groups excluding carboxylic acids is 3. The summed E-state index contributed by atoms with van der Waals surface area (Å²) in [6.45, 7) is -0.190. The number of esters is 1. The first-order chi connectivity index (χ1) is 15.1. The van der Waals surface area contributed by atoms with Gasteiger partial charge >= 0.3 is 12.1 Å². The van der Waals surface area contributed by atoms with E-state index in [-0.39, 0.29) is 19.8 Å². The lowest BCUT2D eigenvalue weighted by Gasteiger charge is -2.19. The number of anilines is 1. The Bertz CT molecular complexity index is 1070. The summed E-state index contributed by atoms with van der Waals surface area (Å²) in [6.07, 6.45) is -0.965. The van der Waals surface area contributed by atoms with Crippen molar-refractivity contribution in [2.75, 3.05) is 12.0 Å². The van der Waals surface area contributed by atoms with Gasteiger partial charge < -0.3 is 14.8 Å². The van der Waals surface area contributed by atoms with Crippen molar-refractivity contribution in [3.05, 3.63) is 71.6 Å². The third-order valence-electron chi connectivity index (χ3n) is 4.63. The Labute approximate surface area is 182 Å². The molecule has 158 valence electrons. The van der Waals surface area contributed by atoms with Crippen LogP contribution in [0.2, 0.25) is 0 Å². The van der Waals surface area contributed by atoms with Crippen LogP contribution in [0.3, 0.4) is 0 Å². The number of hydrogen-bond donors (Lipinski definition) is 1. The molecule has 0 aliphatic carbocycles. The number of cyclic esters (lactones) is 1. The van der Waals surface area contributed by atoms with Crippen molar-refractivity contribution in [2.45, 2.75) is 19.1 Å². The second kappa shape index (κ2) is 9.40. The van der Waals surface area contributed by atoms with E-state index in [2.05, 4.69) is 10.3 Å². The smallest absolute Gasteiger partial charge is 0.413 e. The molecule has 1 aliphatic heterocycles. The molecule has 1 fully saturated rings. The molecule has 2 amide bonds. The van der Waals surface area contributed by atoms with Crippen LogP contribution < -0.4 is 5.32 Å². The fraction of sp³-hybridized carbons (Fsp3) is 0.182. The summed E-state index contributed by atoms with van der Waals surface area (Å²) in [6, 6.07) is 17.7. The number of rotatable bonds is 6. The maximum Gasteiger partial charge on any atom is 0.413 e. The number of amides is 2. The number of nitrogens with one attached hydrogen (secondary N) is 1. The lowest BCUT2D eigenvalue weighted by Crippen LogP contribution is -2.40. The van der Waals surface area contributed by atoms with Crippen LogP contribution in [0.25, 0.3) is 11.3 Å². The summed E-state index contributed by atoms with van der Waals surface area (Å²) in [5, 5.41) is 4.92. The van der Waals surface area contributed by atoms with Gasteiger partial charge in [-0.15, -0.1) is 11.3 Å². The second-order valence-corrected chi connectivity index (χ2v) is 7.63. The molecule has 9 heteroatoms. The number of hydrogen-bond acceptors (Lipinski definition) is 7. The van der Waals surface area contributed by atoms with Gasteiger partial charge in [0, 0.05) is 10.9 Å². The topological polar surface area (TPSA) is 97.8 Å². The quantitative estimate of drug-likeness (QED) is 0.591. The lowest BCUT2D eigenvalue weighted by molar-refractivity contribution is -0.140. The van der Waals surface area contributed by atoms with Gasteiger partial charge in [0.05, 0.1) is 12.1 Å². The van der Waals surface area contributed by atoms with E-state index in [9.17, 15) is 14.4 Å².